The van der Waals surface area contributed by atoms with Gasteiger partial charge in [0.2, 0.25) is 0 Å². The van der Waals surface area contributed by atoms with Gasteiger partial charge in [-0.25, -0.2) is 0 Å². The number of piperidine rings is 1. The highest BCUT2D eigenvalue weighted by molar-refractivity contribution is 9.10. The van der Waals surface area contributed by atoms with Gasteiger partial charge < -0.3 is 15.2 Å². The average Bonchev–Trinajstić information content (AvgIpc) is 3.09. The molecule has 0 bridgehead atoms. The Labute approximate surface area is 122 Å². The molecule has 1 amide bonds. The molecule has 5 heteroatoms. The van der Waals surface area contributed by atoms with E-state index in [2.05, 4.69) is 26.2 Å². The van der Waals surface area contributed by atoms with Gasteiger partial charge in [0.15, 0.2) is 0 Å². The van der Waals surface area contributed by atoms with E-state index >= 15 is 0 Å². The molecule has 0 radical (unpaired) electrons. The second-order valence-electron chi connectivity index (χ2n) is 5.59. The molecule has 2 N–H and O–H groups in total. The third-order valence-corrected chi connectivity index (χ3v) is 4.75. The minimum Gasteiger partial charge on any atom is -0.356 e. The second-order valence-corrected chi connectivity index (χ2v) is 6.50. The van der Waals surface area contributed by atoms with Crippen molar-refractivity contribution in [1.82, 2.24) is 15.2 Å². The van der Waals surface area contributed by atoms with Crippen LogP contribution in [-0.4, -0.2) is 41.5 Å². The molecule has 0 saturated carbocycles. The van der Waals surface area contributed by atoms with E-state index in [-0.39, 0.29) is 5.91 Å². The molecule has 2 aliphatic heterocycles. The molecule has 1 aromatic rings. The van der Waals surface area contributed by atoms with Crippen LogP contribution in [0, 0.1) is 5.92 Å². The fourth-order valence-electron chi connectivity index (χ4n) is 3.30. The molecule has 0 aromatic carbocycles. The number of halogens is 1. The Kier molecular flexibility index (Phi) is 3.93. The highest BCUT2D eigenvalue weighted by atomic mass is 79.9. The summed E-state index contributed by atoms with van der Waals surface area (Å²) in [5.74, 6) is 0.756. The number of hydrogen-bond donors (Lipinski definition) is 2. The normalized spacial score (nSPS) is 27.7. The van der Waals surface area contributed by atoms with Crippen LogP contribution in [0.15, 0.2) is 16.7 Å². The third kappa shape index (κ3) is 2.87. The molecule has 2 saturated heterocycles. The number of nitrogens with one attached hydrogen (secondary N) is 2. The minimum absolute atomic E-state index is 0.133. The molecule has 1 aromatic heterocycles. The van der Waals surface area contributed by atoms with Gasteiger partial charge in [0.05, 0.1) is 0 Å². The van der Waals surface area contributed by atoms with Crippen molar-refractivity contribution in [2.75, 3.05) is 19.6 Å². The summed E-state index contributed by atoms with van der Waals surface area (Å²) in [7, 11) is 0. The molecule has 0 aliphatic carbocycles. The Balaban J connectivity index is 1.65. The molecular weight excluding hydrogens is 306 g/mol. The molecule has 104 valence electrons. The number of hydrogen-bond acceptors (Lipinski definition) is 2. The minimum atomic E-state index is 0.133. The molecular formula is C14H20BrN3O. The zero-order valence-electron chi connectivity index (χ0n) is 11.0. The summed E-state index contributed by atoms with van der Waals surface area (Å²) in [4.78, 5) is 17.5. The number of carbonyl (C=O) groups excluding carboxylic acids is 1. The molecule has 2 atom stereocenters. The first kappa shape index (κ1) is 13.2. The van der Waals surface area contributed by atoms with Gasteiger partial charge in [0, 0.05) is 29.8 Å². The van der Waals surface area contributed by atoms with Crippen molar-refractivity contribution in [3.8, 4) is 0 Å². The van der Waals surface area contributed by atoms with E-state index in [0.717, 1.165) is 30.5 Å². The van der Waals surface area contributed by atoms with Crippen molar-refractivity contribution in [1.29, 1.82) is 0 Å². The van der Waals surface area contributed by atoms with Gasteiger partial charge in [-0.05, 0) is 60.1 Å². The van der Waals surface area contributed by atoms with E-state index in [4.69, 9.17) is 0 Å². The van der Waals surface area contributed by atoms with Crippen LogP contribution in [0.4, 0.5) is 0 Å². The first-order chi connectivity index (χ1) is 9.24. The topological polar surface area (TPSA) is 48.1 Å². The quantitative estimate of drug-likeness (QED) is 0.877. The number of nitrogens with zero attached hydrogens (tertiary/aromatic N) is 1. The predicted octanol–water partition coefficient (Wildman–Crippen LogP) is 2.38. The van der Waals surface area contributed by atoms with Crippen LogP contribution in [0.3, 0.4) is 0 Å². The summed E-state index contributed by atoms with van der Waals surface area (Å²) in [5, 5.41) is 3.58. The fraction of sp³-hybridized carbons (Fsp3) is 0.643. The van der Waals surface area contributed by atoms with Gasteiger partial charge in [-0.15, -0.1) is 0 Å². The third-order valence-electron chi connectivity index (χ3n) is 4.29. The van der Waals surface area contributed by atoms with Gasteiger partial charge in [-0.1, -0.05) is 0 Å². The van der Waals surface area contributed by atoms with Crippen molar-refractivity contribution >= 4 is 21.8 Å². The number of H-pyrrole nitrogens is 1. The number of aromatic amines is 1. The van der Waals surface area contributed by atoms with E-state index in [9.17, 15) is 4.79 Å². The lowest BCUT2D eigenvalue weighted by Crippen LogP contribution is -2.45. The molecule has 3 rings (SSSR count). The van der Waals surface area contributed by atoms with Crippen molar-refractivity contribution in [3.05, 3.63) is 22.4 Å². The number of amides is 1. The molecule has 3 heterocycles. The summed E-state index contributed by atoms with van der Waals surface area (Å²) in [6.45, 7) is 2.92. The Morgan fingerprint density at radius 3 is 2.95 bits per heavy atom. The van der Waals surface area contributed by atoms with E-state index < -0.39 is 0 Å². The van der Waals surface area contributed by atoms with Gasteiger partial charge in [0.1, 0.15) is 5.69 Å². The van der Waals surface area contributed by atoms with E-state index in [1.807, 2.05) is 17.2 Å². The summed E-state index contributed by atoms with van der Waals surface area (Å²) in [6.07, 6.45) is 6.72. The van der Waals surface area contributed by atoms with Gasteiger partial charge in [-0.2, -0.15) is 0 Å². The maximum Gasteiger partial charge on any atom is 0.270 e. The molecule has 0 spiro atoms. The summed E-state index contributed by atoms with van der Waals surface area (Å²) in [6, 6.07) is 2.48. The second kappa shape index (κ2) is 5.67. The summed E-state index contributed by atoms with van der Waals surface area (Å²) in [5.41, 5.74) is 0.687. The van der Waals surface area contributed by atoms with E-state index in [0.29, 0.717) is 17.7 Å². The Morgan fingerprint density at radius 2 is 2.26 bits per heavy atom. The number of carbonyl (C=O) groups is 1. The fourth-order valence-corrected chi connectivity index (χ4v) is 3.64. The van der Waals surface area contributed by atoms with Crippen LogP contribution >= 0.6 is 15.9 Å². The van der Waals surface area contributed by atoms with Crippen LogP contribution in [0.5, 0.6) is 0 Å². The van der Waals surface area contributed by atoms with Crippen LogP contribution in [-0.2, 0) is 0 Å². The van der Waals surface area contributed by atoms with E-state index in [1.54, 1.807) is 0 Å². The maximum absolute atomic E-state index is 12.4. The molecule has 19 heavy (non-hydrogen) atoms. The SMILES string of the molecule is O=C(c1cc(Br)c[nH]1)N1CCCC(C2CCCN2)C1. The van der Waals surface area contributed by atoms with Crippen molar-refractivity contribution < 1.29 is 4.79 Å². The average molecular weight is 326 g/mol. The standard InChI is InChI=1S/C14H20BrN3O/c15-11-7-13(17-8-11)14(19)18-6-2-3-10(9-18)12-4-1-5-16-12/h7-8,10,12,16-17H,1-6,9H2. The molecule has 2 fully saturated rings. The van der Waals surface area contributed by atoms with Gasteiger partial charge in [-0.3, -0.25) is 4.79 Å². The highest BCUT2D eigenvalue weighted by Gasteiger charge is 2.31. The maximum atomic E-state index is 12.4. The summed E-state index contributed by atoms with van der Waals surface area (Å²) < 4.78 is 0.932. The Bertz CT molecular complexity index is 453. The first-order valence-corrected chi connectivity index (χ1v) is 7.90. The molecule has 2 unspecified atom stereocenters. The van der Waals surface area contributed by atoms with Crippen LogP contribution < -0.4 is 5.32 Å². The lowest BCUT2D eigenvalue weighted by molar-refractivity contribution is 0.0646. The Hall–Kier alpha value is -0.810. The lowest BCUT2D eigenvalue weighted by atomic mass is 9.89. The highest BCUT2D eigenvalue weighted by Crippen LogP contribution is 2.25. The molecule has 4 nitrogen and oxygen atoms in total. The zero-order valence-corrected chi connectivity index (χ0v) is 12.6. The number of likely N-dealkylation sites (tertiary alicyclic amines) is 1. The Morgan fingerprint density at radius 1 is 1.37 bits per heavy atom. The summed E-state index contributed by atoms with van der Waals surface area (Å²) >= 11 is 3.38. The molecule has 2 aliphatic rings. The first-order valence-electron chi connectivity index (χ1n) is 7.10. The predicted molar refractivity (Wildman–Crippen MR) is 78.1 cm³/mol. The lowest BCUT2D eigenvalue weighted by Gasteiger charge is -2.35. The van der Waals surface area contributed by atoms with E-state index in [1.165, 1.54) is 19.3 Å². The largest absolute Gasteiger partial charge is 0.356 e. The van der Waals surface area contributed by atoms with Crippen LogP contribution in [0.2, 0.25) is 0 Å². The van der Waals surface area contributed by atoms with Crippen molar-refractivity contribution in [3.63, 3.8) is 0 Å². The zero-order chi connectivity index (χ0) is 13.2. The number of aromatic nitrogens is 1. The monoisotopic (exact) mass is 325 g/mol. The van der Waals surface area contributed by atoms with Gasteiger partial charge >= 0.3 is 0 Å². The van der Waals surface area contributed by atoms with Crippen molar-refractivity contribution in [2.24, 2.45) is 5.92 Å². The smallest absolute Gasteiger partial charge is 0.270 e. The van der Waals surface area contributed by atoms with Crippen LogP contribution in [0.25, 0.3) is 0 Å². The van der Waals surface area contributed by atoms with Gasteiger partial charge in [0.25, 0.3) is 5.91 Å². The van der Waals surface area contributed by atoms with Crippen molar-refractivity contribution in [2.45, 2.75) is 31.7 Å². The van der Waals surface area contributed by atoms with Crippen LogP contribution in [0.1, 0.15) is 36.2 Å². The number of rotatable bonds is 2.